The molecule has 5 radical (unpaired) electrons. The molecular formula is C13H7N2. The first-order valence-electron chi connectivity index (χ1n) is 4.51. The molecule has 0 spiro atoms. The molecule has 1 aromatic rings. The zero-order chi connectivity index (χ0) is 10.7. The van der Waals surface area contributed by atoms with Gasteiger partial charge in [-0.1, -0.05) is 6.07 Å². The molecule has 1 aliphatic rings. The van der Waals surface area contributed by atoms with Crippen molar-refractivity contribution in [2.75, 3.05) is 0 Å². The van der Waals surface area contributed by atoms with E-state index in [0.717, 1.165) is 11.5 Å². The number of nitrogens with zero attached hydrogens (tertiary/aromatic N) is 2. The standard InChI is InChI=1S/C13H7N2/c14-8-12-6-5-11(7-13(12)9-15)10-3-1-2-4-10/h1-7H. The molecule has 0 bridgehead atoms. The minimum atomic E-state index is 0.424. The van der Waals surface area contributed by atoms with E-state index in [4.69, 9.17) is 10.5 Å². The first-order chi connectivity index (χ1) is 7.35. The van der Waals surface area contributed by atoms with Gasteiger partial charge in [-0.05, 0) is 43.4 Å². The van der Waals surface area contributed by atoms with Crippen LogP contribution in [-0.2, 0) is 0 Å². The molecule has 2 nitrogen and oxygen atoms in total. The molecule has 0 aliphatic heterocycles. The normalized spacial score (nSPS) is 15.9. The van der Waals surface area contributed by atoms with E-state index >= 15 is 0 Å². The monoisotopic (exact) mass is 191 g/mol. The second-order valence-electron chi connectivity index (χ2n) is 3.16. The second kappa shape index (κ2) is 4.15. The summed E-state index contributed by atoms with van der Waals surface area (Å²) >= 11 is 0. The van der Waals surface area contributed by atoms with Gasteiger partial charge in [-0.2, -0.15) is 10.5 Å². The van der Waals surface area contributed by atoms with E-state index < -0.39 is 0 Å². The fourth-order valence-electron chi connectivity index (χ4n) is 1.48. The molecule has 0 N–H and O–H groups in total. The average Bonchev–Trinajstić information content (AvgIpc) is 2.81. The third-order valence-corrected chi connectivity index (χ3v) is 2.26. The van der Waals surface area contributed by atoms with Crippen molar-refractivity contribution in [1.82, 2.24) is 0 Å². The molecule has 0 aromatic heterocycles. The van der Waals surface area contributed by atoms with E-state index in [1.165, 1.54) is 0 Å². The lowest BCUT2D eigenvalue weighted by molar-refractivity contribution is 1.27. The Morgan fingerprint density at radius 1 is 0.867 bits per heavy atom. The van der Waals surface area contributed by atoms with Crippen molar-refractivity contribution in [3.63, 3.8) is 0 Å². The van der Waals surface area contributed by atoms with Crippen LogP contribution in [-0.4, -0.2) is 0 Å². The summed E-state index contributed by atoms with van der Waals surface area (Å²) in [4.78, 5) is 0. The smallest absolute Gasteiger partial charge is 0.101 e. The zero-order valence-corrected chi connectivity index (χ0v) is 7.94. The highest BCUT2D eigenvalue weighted by Crippen LogP contribution is 2.30. The van der Waals surface area contributed by atoms with Crippen molar-refractivity contribution in [3.8, 4) is 12.1 Å². The predicted molar refractivity (Wildman–Crippen MR) is 55.4 cm³/mol. The largest absolute Gasteiger partial charge is 0.192 e. The molecule has 2 rings (SSSR count). The number of benzene rings is 1. The molecule has 1 aliphatic carbocycles. The Kier molecular flexibility index (Phi) is 2.70. The molecule has 1 fully saturated rings. The predicted octanol–water partition coefficient (Wildman–Crippen LogP) is 2.18. The van der Waals surface area contributed by atoms with Crippen LogP contribution in [0, 0.1) is 54.3 Å². The molecule has 1 aromatic carbocycles. The first kappa shape index (κ1) is 9.74. The Bertz CT molecular complexity index is 443. The Morgan fingerprint density at radius 3 is 2.13 bits per heavy atom. The van der Waals surface area contributed by atoms with Crippen LogP contribution in [0.4, 0.5) is 0 Å². The lowest BCUT2D eigenvalue weighted by atomic mass is 9.94. The molecular weight excluding hydrogens is 184 g/mol. The van der Waals surface area contributed by atoms with E-state index in [1.807, 2.05) is 43.9 Å². The Morgan fingerprint density at radius 2 is 1.53 bits per heavy atom. The average molecular weight is 191 g/mol. The lowest BCUT2D eigenvalue weighted by Gasteiger charge is -2.08. The molecule has 0 heterocycles. The van der Waals surface area contributed by atoms with Crippen molar-refractivity contribution >= 4 is 0 Å². The highest BCUT2D eigenvalue weighted by atomic mass is 14.3. The molecule has 1 saturated carbocycles. The topological polar surface area (TPSA) is 47.6 Å². The minimum Gasteiger partial charge on any atom is -0.192 e. The number of hydrogen-bond acceptors (Lipinski definition) is 2. The van der Waals surface area contributed by atoms with Gasteiger partial charge in [0.1, 0.15) is 12.1 Å². The fraction of sp³-hybridized carbons (Fsp3) is 0. The third-order valence-electron chi connectivity index (χ3n) is 2.26. The van der Waals surface area contributed by atoms with Gasteiger partial charge in [0.2, 0.25) is 0 Å². The molecule has 0 unspecified atom stereocenters. The molecule has 15 heavy (non-hydrogen) atoms. The highest BCUT2D eigenvalue weighted by Gasteiger charge is 2.19. The van der Waals surface area contributed by atoms with Gasteiger partial charge < -0.3 is 0 Å². The van der Waals surface area contributed by atoms with Crippen molar-refractivity contribution < 1.29 is 0 Å². The maximum Gasteiger partial charge on any atom is 0.101 e. The van der Waals surface area contributed by atoms with Gasteiger partial charge in [0.05, 0.1) is 11.1 Å². The summed E-state index contributed by atoms with van der Waals surface area (Å²) < 4.78 is 0. The van der Waals surface area contributed by atoms with Gasteiger partial charge in [-0.15, -0.1) is 0 Å². The summed E-state index contributed by atoms with van der Waals surface area (Å²) in [5.74, 6) is 1.07. The molecule has 2 heteroatoms. The Hall–Kier alpha value is -1.80. The minimum absolute atomic E-state index is 0.424. The number of rotatable bonds is 1. The summed E-state index contributed by atoms with van der Waals surface area (Å²) in [7, 11) is 0. The summed E-state index contributed by atoms with van der Waals surface area (Å²) in [6, 6.07) is 9.30. The third kappa shape index (κ3) is 1.85. The molecule has 69 valence electrons. The Labute approximate surface area is 89.8 Å². The van der Waals surface area contributed by atoms with Gasteiger partial charge >= 0.3 is 0 Å². The van der Waals surface area contributed by atoms with Gasteiger partial charge in [0.15, 0.2) is 0 Å². The number of nitriles is 2. The van der Waals surface area contributed by atoms with Gasteiger partial charge in [0.25, 0.3) is 0 Å². The Balaban J connectivity index is 2.36. The van der Waals surface area contributed by atoms with Gasteiger partial charge in [-0.3, -0.25) is 0 Å². The molecule has 0 saturated heterocycles. The molecule has 0 amide bonds. The SMILES string of the molecule is N#Cc1ccc([C]2[CH][CH][CH][CH]2)cc1C#N. The lowest BCUT2D eigenvalue weighted by Crippen LogP contribution is -1.96. The van der Waals surface area contributed by atoms with E-state index in [2.05, 4.69) is 0 Å². The fourth-order valence-corrected chi connectivity index (χ4v) is 1.48. The van der Waals surface area contributed by atoms with Crippen LogP contribution >= 0.6 is 0 Å². The maximum atomic E-state index is 8.87. The van der Waals surface area contributed by atoms with E-state index in [0.29, 0.717) is 11.1 Å². The van der Waals surface area contributed by atoms with Crippen LogP contribution in [0.15, 0.2) is 18.2 Å². The maximum absolute atomic E-state index is 8.87. The van der Waals surface area contributed by atoms with Crippen molar-refractivity contribution in [3.05, 3.63) is 66.5 Å². The highest BCUT2D eigenvalue weighted by molar-refractivity contribution is 5.55. The van der Waals surface area contributed by atoms with Crippen molar-refractivity contribution in [2.24, 2.45) is 0 Å². The summed E-state index contributed by atoms with van der Waals surface area (Å²) in [6.45, 7) is 0. The van der Waals surface area contributed by atoms with Crippen molar-refractivity contribution in [2.45, 2.75) is 0 Å². The first-order valence-corrected chi connectivity index (χ1v) is 4.51. The summed E-state index contributed by atoms with van der Waals surface area (Å²) in [6.07, 6.45) is 7.84. The van der Waals surface area contributed by atoms with E-state index in [1.54, 1.807) is 12.1 Å². The second-order valence-corrected chi connectivity index (χ2v) is 3.16. The van der Waals surface area contributed by atoms with E-state index in [9.17, 15) is 0 Å². The van der Waals surface area contributed by atoms with Crippen LogP contribution in [0.5, 0.6) is 0 Å². The summed E-state index contributed by atoms with van der Waals surface area (Å²) in [5, 5.41) is 17.6. The van der Waals surface area contributed by atoms with Crippen LogP contribution in [0.25, 0.3) is 0 Å². The van der Waals surface area contributed by atoms with Crippen LogP contribution in [0.2, 0.25) is 0 Å². The van der Waals surface area contributed by atoms with Gasteiger partial charge in [0, 0.05) is 5.92 Å². The zero-order valence-electron chi connectivity index (χ0n) is 7.94. The van der Waals surface area contributed by atoms with Crippen LogP contribution < -0.4 is 0 Å². The molecule has 0 atom stereocenters. The quantitative estimate of drug-likeness (QED) is 0.683. The van der Waals surface area contributed by atoms with Gasteiger partial charge in [-0.25, -0.2) is 0 Å². The van der Waals surface area contributed by atoms with Crippen molar-refractivity contribution in [1.29, 1.82) is 10.5 Å². The summed E-state index contributed by atoms with van der Waals surface area (Å²) in [5.41, 5.74) is 1.82. The van der Waals surface area contributed by atoms with Crippen LogP contribution in [0.3, 0.4) is 0 Å². The van der Waals surface area contributed by atoms with Crippen LogP contribution in [0.1, 0.15) is 16.7 Å². The number of hydrogen-bond donors (Lipinski definition) is 0. The van der Waals surface area contributed by atoms with E-state index in [-0.39, 0.29) is 0 Å².